The maximum Gasteiger partial charge on any atom is 0.573 e. The average Bonchev–Trinajstić information content (AvgIpc) is 3.10. The van der Waals surface area contributed by atoms with E-state index in [9.17, 15) is 13.2 Å². The molecule has 1 fully saturated rings. The van der Waals surface area contributed by atoms with Crippen molar-refractivity contribution in [3.05, 3.63) is 59.1 Å². The second kappa shape index (κ2) is 8.30. The van der Waals surface area contributed by atoms with Gasteiger partial charge in [0.25, 0.3) is 0 Å². The molecule has 1 aliphatic heterocycles. The van der Waals surface area contributed by atoms with Crippen LogP contribution in [0.5, 0.6) is 5.75 Å². The van der Waals surface area contributed by atoms with Gasteiger partial charge in [0, 0.05) is 13.1 Å². The fourth-order valence-electron chi connectivity index (χ4n) is 3.47. The van der Waals surface area contributed by atoms with E-state index in [0.29, 0.717) is 5.56 Å². The fourth-order valence-corrected chi connectivity index (χ4v) is 4.50. The SMILES string of the molecule is CN1CCC(OC(c2cccc(OC(F)(F)F)c2)c2nc3ccccc3s2)CC1. The summed E-state index contributed by atoms with van der Waals surface area (Å²) in [4.78, 5) is 6.93. The van der Waals surface area contributed by atoms with Gasteiger partial charge in [0.15, 0.2) is 0 Å². The van der Waals surface area contributed by atoms with Crippen LogP contribution in [0.2, 0.25) is 0 Å². The second-order valence-electron chi connectivity index (χ2n) is 7.16. The number of halogens is 3. The average molecular weight is 422 g/mol. The molecule has 1 aliphatic rings. The number of likely N-dealkylation sites (tertiary alicyclic amines) is 1. The van der Waals surface area contributed by atoms with Gasteiger partial charge in [0.05, 0.1) is 16.3 Å². The minimum atomic E-state index is -4.74. The third-order valence-electron chi connectivity index (χ3n) is 4.92. The minimum Gasteiger partial charge on any atom is -0.406 e. The molecule has 0 radical (unpaired) electrons. The highest BCUT2D eigenvalue weighted by molar-refractivity contribution is 7.18. The molecule has 0 N–H and O–H groups in total. The van der Waals surface area contributed by atoms with Crippen LogP contribution in [0.4, 0.5) is 13.2 Å². The molecule has 0 saturated carbocycles. The van der Waals surface area contributed by atoms with Gasteiger partial charge in [-0.3, -0.25) is 0 Å². The molecule has 1 saturated heterocycles. The number of benzene rings is 2. The van der Waals surface area contributed by atoms with Gasteiger partial charge in [-0.1, -0.05) is 24.3 Å². The molecule has 0 amide bonds. The van der Waals surface area contributed by atoms with Crippen LogP contribution in [0.1, 0.15) is 29.5 Å². The van der Waals surface area contributed by atoms with Gasteiger partial charge in [-0.2, -0.15) is 0 Å². The van der Waals surface area contributed by atoms with Crippen molar-refractivity contribution in [1.29, 1.82) is 0 Å². The Hall–Kier alpha value is -2.16. The molecule has 0 spiro atoms. The van der Waals surface area contributed by atoms with Gasteiger partial charge in [-0.15, -0.1) is 24.5 Å². The van der Waals surface area contributed by atoms with Gasteiger partial charge in [0.2, 0.25) is 0 Å². The molecule has 1 aromatic heterocycles. The second-order valence-corrected chi connectivity index (χ2v) is 8.22. The Kier molecular flexibility index (Phi) is 5.76. The lowest BCUT2D eigenvalue weighted by atomic mass is 10.1. The van der Waals surface area contributed by atoms with E-state index in [1.54, 1.807) is 12.1 Å². The Morgan fingerprint density at radius 3 is 2.59 bits per heavy atom. The van der Waals surface area contributed by atoms with E-state index in [2.05, 4.69) is 16.7 Å². The number of nitrogens with zero attached hydrogens (tertiary/aromatic N) is 2. The lowest BCUT2D eigenvalue weighted by Crippen LogP contribution is -2.35. The van der Waals surface area contributed by atoms with Crippen LogP contribution in [-0.2, 0) is 4.74 Å². The molecule has 0 bridgehead atoms. The van der Waals surface area contributed by atoms with Crippen LogP contribution in [-0.4, -0.2) is 42.5 Å². The maximum atomic E-state index is 12.7. The molecule has 0 aliphatic carbocycles. The normalized spacial score (nSPS) is 17.5. The van der Waals surface area contributed by atoms with E-state index >= 15 is 0 Å². The van der Waals surface area contributed by atoms with E-state index in [1.807, 2.05) is 24.3 Å². The number of piperidine rings is 1. The number of fused-ring (bicyclic) bond motifs is 1. The molecule has 29 heavy (non-hydrogen) atoms. The van der Waals surface area contributed by atoms with E-state index in [1.165, 1.54) is 23.5 Å². The number of para-hydroxylation sites is 1. The van der Waals surface area contributed by atoms with Gasteiger partial charge in [-0.25, -0.2) is 4.98 Å². The van der Waals surface area contributed by atoms with Crippen LogP contribution in [0.25, 0.3) is 10.2 Å². The molecule has 154 valence electrons. The van der Waals surface area contributed by atoms with Crippen LogP contribution < -0.4 is 4.74 Å². The zero-order valence-electron chi connectivity index (χ0n) is 15.9. The Morgan fingerprint density at radius 2 is 1.86 bits per heavy atom. The fraction of sp³-hybridized carbons (Fsp3) is 0.381. The summed E-state index contributed by atoms with van der Waals surface area (Å²) in [7, 11) is 2.07. The van der Waals surface area contributed by atoms with Gasteiger partial charge >= 0.3 is 6.36 Å². The van der Waals surface area contributed by atoms with Crippen molar-refractivity contribution in [2.24, 2.45) is 0 Å². The zero-order chi connectivity index (χ0) is 20.4. The molecule has 1 atom stereocenters. The van der Waals surface area contributed by atoms with E-state index < -0.39 is 12.5 Å². The first kappa shape index (κ1) is 20.1. The highest BCUT2D eigenvalue weighted by Crippen LogP contribution is 2.36. The Bertz CT molecular complexity index is 935. The van der Waals surface area contributed by atoms with Crippen LogP contribution in [0, 0.1) is 0 Å². The molecule has 1 unspecified atom stereocenters. The Morgan fingerprint density at radius 1 is 1.10 bits per heavy atom. The largest absolute Gasteiger partial charge is 0.573 e. The van der Waals surface area contributed by atoms with Crippen molar-refractivity contribution in [3.8, 4) is 5.75 Å². The number of hydrogen-bond donors (Lipinski definition) is 0. The van der Waals surface area contributed by atoms with Crippen LogP contribution >= 0.6 is 11.3 Å². The van der Waals surface area contributed by atoms with Crippen molar-refractivity contribution in [2.45, 2.75) is 31.4 Å². The third-order valence-corrected chi connectivity index (χ3v) is 6.00. The molecule has 4 rings (SSSR count). The standard InChI is InChI=1S/C21H21F3N2O2S/c1-26-11-9-15(10-12-26)27-19(20-25-17-7-2-3-8-18(17)29-20)14-5-4-6-16(13-14)28-21(22,23)24/h2-8,13,15,19H,9-12H2,1H3. The number of ether oxygens (including phenoxy) is 2. The number of rotatable bonds is 5. The summed E-state index contributed by atoms with van der Waals surface area (Å²) in [6.45, 7) is 1.85. The maximum absolute atomic E-state index is 12.7. The van der Waals surface area contributed by atoms with Gasteiger partial charge < -0.3 is 14.4 Å². The monoisotopic (exact) mass is 422 g/mol. The number of hydrogen-bond acceptors (Lipinski definition) is 5. The Labute approximate surface area is 170 Å². The minimum absolute atomic E-state index is 0.0235. The molecular formula is C21H21F3N2O2S. The summed E-state index contributed by atoms with van der Waals surface area (Å²) in [5, 5.41) is 0.731. The Balaban J connectivity index is 1.67. The van der Waals surface area contributed by atoms with Crippen molar-refractivity contribution in [1.82, 2.24) is 9.88 Å². The topological polar surface area (TPSA) is 34.6 Å². The highest BCUT2D eigenvalue weighted by Gasteiger charge is 2.32. The van der Waals surface area contributed by atoms with Gasteiger partial charge in [0.1, 0.15) is 16.9 Å². The molecule has 2 heterocycles. The summed E-state index contributed by atoms with van der Waals surface area (Å²) in [5.41, 5.74) is 1.46. The first-order chi connectivity index (χ1) is 13.9. The quantitative estimate of drug-likeness (QED) is 0.552. The molecule has 3 aromatic rings. The summed E-state index contributed by atoms with van der Waals surface area (Å²) in [6, 6.07) is 13.7. The number of aromatic nitrogens is 1. The van der Waals surface area contributed by atoms with Crippen molar-refractivity contribution in [2.75, 3.05) is 20.1 Å². The summed E-state index contributed by atoms with van der Waals surface area (Å²) < 4.78 is 49.6. The lowest BCUT2D eigenvalue weighted by Gasteiger charge is -2.31. The van der Waals surface area contributed by atoms with Crippen LogP contribution in [0.3, 0.4) is 0 Å². The first-order valence-electron chi connectivity index (χ1n) is 9.42. The van der Waals surface area contributed by atoms with E-state index in [-0.39, 0.29) is 11.9 Å². The molecular weight excluding hydrogens is 401 g/mol. The van der Waals surface area contributed by atoms with Crippen molar-refractivity contribution < 1.29 is 22.6 Å². The summed E-state index contributed by atoms with van der Waals surface area (Å²) in [6.07, 6.45) is -3.51. The number of thiazole rings is 1. The van der Waals surface area contributed by atoms with Crippen LogP contribution in [0.15, 0.2) is 48.5 Å². The van der Waals surface area contributed by atoms with E-state index in [4.69, 9.17) is 9.72 Å². The lowest BCUT2D eigenvalue weighted by molar-refractivity contribution is -0.274. The molecule has 4 nitrogen and oxygen atoms in total. The first-order valence-corrected chi connectivity index (χ1v) is 10.2. The smallest absolute Gasteiger partial charge is 0.406 e. The predicted octanol–water partition coefficient (Wildman–Crippen LogP) is 5.40. The summed E-state index contributed by atoms with van der Waals surface area (Å²) >= 11 is 1.50. The van der Waals surface area contributed by atoms with Crippen molar-refractivity contribution >= 4 is 21.6 Å². The van der Waals surface area contributed by atoms with Crippen molar-refractivity contribution in [3.63, 3.8) is 0 Å². The highest BCUT2D eigenvalue weighted by atomic mass is 32.1. The summed E-state index contributed by atoms with van der Waals surface area (Å²) in [5.74, 6) is -0.256. The predicted molar refractivity (Wildman–Crippen MR) is 106 cm³/mol. The molecule has 2 aromatic carbocycles. The van der Waals surface area contributed by atoms with Gasteiger partial charge in [-0.05, 0) is 49.7 Å². The molecule has 8 heteroatoms. The zero-order valence-corrected chi connectivity index (χ0v) is 16.7. The third kappa shape index (κ3) is 5.07. The van der Waals surface area contributed by atoms with E-state index in [0.717, 1.165) is 41.2 Å². The number of alkyl halides is 3.